The van der Waals surface area contributed by atoms with Crippen molar-refractivity contribution in [1.29, 1.82) is 0 Å². The highest BCUT2D eigenvalue weighted by Crippen LogP contribution is 2.31. The predicted octanol–water partition coefficient (Wildman–Crippen LogP) is 1.68. The standard InChI is InChI=1S/C13H17N3O2S/c1-9-3-2-4-11-12(9)15-13(14)16(11)10-5-7-19(17,18)8-6-10/h2-4,10H,5-8H2,1H3,(H2,14,15). The van der Waals surface area contributed by atoms with Crippen LogP contribution in [0.2, 0.25) is 0 Å². The molecule has 0 bridgehead atoms. The molecule has 19 heavy (non-hydrogen) atoms. The number of anilines is 1. The summed E-state index contributed by atoms with van der Waals surface area (Å²) < 4.78 is 25.0. The zero-order chi connectivity index (χ0) is 13.6. The first-order valence-electron chi connectivity index (χ1n) is 6.41. The Bertz CT molecular complexity index is 720. The first kappa shape index (κ1) is 12.5. The van der Waals surface area contributed by atoms with Gasteiger partial charge in [0, 0.05) is 6.04 Å². The second-order valence-corrected chi connectivity index (χ2v) is 7.47. The van der Waals surface area contributed by atoms with Crippen LogP contribution < -0.4 is 5.73 Å². The third-order valence-electron chi connectivity index (χ3n) is 3.84. The molecule has 1 saturated heterocycles. The summed E-state index contributed by atoms with van der Waals surface area (Å²) in [6, 6.07) is 6.11. The molecule has 1 fully saturated rings. The van der Waals surface area contributed by atoms with Gasteiger partial charge in [0.05, 0.1) is 22.5 Å². The summed E-state index contributed by atoms with van der Waals surface area (Å²) >= 11 is 0. The molecule has 0 amide bonds. The highest BCUT2D eigenvalue weighted by atomic mass is 32.2. The maximum atomic E-state index is 11.5. The smallest absolute Gasteiger partial charge is 0.201 e. The van der Waals surface area contributed by atoms with Crippen molar-refractivity contribution >= 4 is 26.8 Å². The molecule has 3 rings (SSSR count). The van der Waals surface area contributed by atoms with Crippen molar-refractivity contribution in [1.82, 2.24) is 9.55 Å². The van der Waals surface area contributed by atoms with E-state index in [1.807, 2.05) is 29.7 Å². The van der Waals surface area contributed by atoms with E-state index in [0.29, 0.717) is 18.8 Å². The van der Waals surface area contributed by atoms with Gasteiger partial charge in [-0.05, 0) is 31.4 Å². The molecular formula is C13H17N3O2S. The molecule has 0 radical (unpaired) electrons. The maximum Gasteiger partial charge on any atom is 0.201 e. The van der Waals surface area contributed by atoms with Crippen molar-refractivity contribution in [3.63, 3.8) is 0 Å². The Balaban J connectivity index is 2.06. The van der Waals surface area contributed by atoms with Gasteiger partial charge in [-0.2, -0.15) is 0 Å². The van der Waals surface area contributed by atoms with Gasteiger partial charge in [-0.25, -0.2) is 13.4 Å². The zero-order valence-electron chi connectivity index (χ0n) is 10.8. The summed E-state index contributed by atoms with van der Waals surface area (Å²) in [4.78, 5) is 4.42. The van der Waals surface area contributed by atoms with Crippen LogP contribution in [0.1, 0.15) is 24.4 Å². The van der Waals surface area contributed by atoms with Gasteiger partial charge in [0.25, 0.3) is 0 Å². The Morgan fingerprint density at radius 3 is 2.68 bits per heavy atom. The molecule has 2 aromatic rings. The fraction of sp³-hybridized carbons (Fsp3) is 0.462. The topological polar surface area (TPSA) is 78.0 Å². The molecule has 5 nitrogen and oxygen atoms in total. The van der Waals surface area contributed by atoms with Crippen LogP contribution in [0.25, 0.3) is 11.0 Å². The molecule has 0 aliphatic carbocycles. The second-order valence-electron chi connectivity index (χ2n) is 5.17. The van der Waals surface area contributed by atoms with E-state index in [1.54, 1.807) is 0 Å². The third-order valence-corrected chi connectivity index (χ3v) is 5.55. The number of aromatic nitrogens is 2. The van der Waals surface area contributed by atoms with Crippen LogP contribution in [0.5, 0.6) is 0 Å². The summed E-state index contributed by atoms with van der Waals surface area (Å²) in [5.74, 6) is 0.958. The van der Waals surface area contributed by atoms with Gasteiger partial charge in [-0.15, -0.1) is 0 Å². The van der Waals surface area contributed by atoms with Crippen LogP contribution in [0.4, 0.5) is 5.95 Å². The van der Waals surface area contributed by atoms with Crippen LogP contribution in [-0.2, 0) is 9.84 Å². The Hall–Kier alpha value is -1.56. The molecule has 1 aliphatic heterocycles. The van der Waals surface area contributed by atoms with Crippen molar-refractivity contribution in [3.05, 3.63) is 23.8 Å². The van der Waals surface area contributed by atoms with Gasteiger partial charge >= 0.3 is 0 Å². The number of nitrogens with zero attached hydrogens (tertiary/aromatic N) is 2. The van der Waals surface area contributed by atoms with E-state index in [4.69, 9.17) is 5.73 Å². The van der Waals surface area contributed by atoms with E-state index in [-0.39, 0.29) is 17.5 Å². The van der Waals surface area contributed by atoms with Gasteiger partial charge in [-0.3, -0.25) is 0 Å². The largest absolute Gasteiger partial charge is 0.369 e. The fourth-order valence-electron chi connectivity index (χ4n) is 2.79. The number of rotatable bonds is 1. The number of benzene rings is 1. The number of fused-ring (bicyclic) bond motifs is 1. The molecule has 1 aromatic carbocycles. The lowest BCUT2D eigenvalue weighted by Crippen LogP contribution is -2.26. The van der Waals surface area contributed by atoms with Crippen molar-refractivity contribution in [2.24, 2.45) is 0 Å². The highest BCUT2D eigenvalue weighted by Gasteiger charge is 2.27. The zero-order valence-corrected chi connectivity index (χ0v) is 11.7. The Kier molecular flexibility index (Phi) is 2.78. The molecule has 1 aromatic heterocycles. The van der Waals surface area contributed by atoms with Crippen LogP contribution in [0, 0.1) is 6.92 Å². The monoisotopic (exact) mass is 279 g/mol. The van der Waals surface area contributed by atoms with Crippen LogP contribution in [0.15, 0.2) is 18.2 Å². The second kappa shape index (κ2) is 4.23. The lowest BCUT2D eigenvalue weighted by atomic mass is 10.1. The highest BCUT2D eigenvalue weighted by molar-refractivity contribution is 7.91. The lowest BCUT2D eigenvalue weighted by molar-refractivity contribution is 0.463. The average molecular weight is 279 g/mol. The van der Waals surface area contributed by atoms with E-state index in [1.165, 1.54) is 0 Å². The summed E-state index contributed by atoms with van der Waals surface area (Å²) in [5.41, 5.74) is 9.02. The van der Waals surface area contributed by atoms with Crippen molar-refractivity contribution < 1.29 is 8.42 Å². The average Bonchev–Trinajstić information content (AvgIpc) is 2.68. The van der Waals surface area contributed by atoms with Crippen LogP contribution in [0.3, 0.4) is 0 Å². The normalized spacial score (nSPS) is 19.8. The van der Waals surface area contributed by atoms with E-state index >= 15 is 0 Å². The van der Waals surface area contributed by atoms with Gasteiger partial charge < -0.3 is 10.3 Å². The number of nitrogen functional groups attached to an aromatic ring is 1. The summed E-state index contributed by atoms with van der Waals surface area (Å²) in [6.45, 7) is 2.00. The van der Waals surface area contributed by atoms with Gasteiger partial charge in [0.2, 0.25) is 5.95 Å². The SMILES string of the molecule is Cc1cccc2c1nc(N)n2C1CCS(=O)(=O)CC1. The molecule has 0 spiro atoms. The number of sulfone groups is 1. The summed E-state index contributed by atoms with van der Waals surface area (Å²) in [5, 5.41) is 0. The quantitative estimate of drug-likeness (QED) is 0.861. The van der Waals surface area contributed by atoms with Crippen molar-refractivity contribution in [2.75, 3.05) is 17.2 Å². The molecule has 0 atom stereocenters. The van der Waals surface area contributed by atoms with Gasteiger partial charge in [-0.1, -0.05) is 12.1 Å². The van der Waals surface area contributed by atoms with Crippen molar-refractivity contribution in [3.8, 4) is 0 Å². The molecule has 2 N–H and O–H groups in total. The Labute approximate surface area is 112 Å². The van der Waals surface area contributed by atoms with Crippen LogP contribution in [-0.4, -0.2) is 29.5 Å². The van der Waals surface area contributed by atoms with E-state index in [9.17, 15) is 8.42 Å². The summed E-state index contributed by atoms with van der Waals surface area (Å²) in [7, 11) is -2.86. The Morgan fingerprint density at radius 1 is 1.32 bits per heavy atom. The number of aryl methyl sites for hydroxylation is 1. The first-order chi connectivity index (χ1) is 8.98. The van der Waals surface area contributed by atoms with Gasteiger partial charge in [0.1, 0.15) is 9.84 Å². The maximum absolute atomic E-state index is 11.5. The van der Waals surface area contributed by atoms with E-state index in [0.717, 1.165) is 16.6 Å². The molecule has 0 saturated carbocycles. The number of hydrogen-bond acceptors (Lipinski definition) is 4. The molecule has 1 aliphatic rings. The minimum atomic E-state index is -2.86. The molecule has 6 heteroatoms. The van der Waals surface area contributed by atoms with Crippen LogP contribution >= 0.6 is 0 Å². The van der Waals surface area contributed by atoms with Gasteiger partial charge in [0.15, 0.2) is 0 Å². The number of para-hydroxylation sites is 1. The number of imidazole rings is 1. The molecule has 2 heterocycles. The lowest BCUT2D eigenvalue weighted by Gasteiger charge is -2.24. The van der Waals surface area contributed by atoms with E-state index in [2.05, 4.69) is 4.98 Å². The number of nitrogens with two attached hydrogens (primary N) is 1. The minimum absolute atomic E-state index is 0.135. The van der Waals surface area contributed by atoms with Crippen molar-refractivity contribution in [2.45, 2.75) is 25.8 Å². The van der Waals surface area contributed by atoms with E-state index < -0.39 is 9.84 Å². The minimum Gasteiger partial charge on any atom is -0.369 e. The third kappa shape index (κ3) is 2.10. The molecule has 0 unspecified atom stereocenters. The molecular weight excluding hydrogens is 262 g/mol. The number of hydrogen-bond donors (Lipinski definition) is 1. The predicted molar refractivity (Wildman–Crippen MR) is 75.8 cm³/mol. The fourth-order valence-corrected chi connectivity index (χ4v) is 4.26. The summed E-state index contributed by atoms with van der Waals surface area (Å²) in [6.07, 6.45) is 1.23. The Morgan fingerprint density at radius 2 is 2.00 bits per heavy atom. The molecule has 102 valence electrons. The first-order valence-corrected chi connectivity index (χ1v) is 8.23.